The molecule has 0 saturated heterocycles. The fourth-order valence-electron chi connectivity index (χ4n) is 4.03. The number of benzene rings is 4. The number of halogens is 7. The number of aliphatic hydroxyl groups is 2. The van der Waals surface area contributed by atoms with Crippen LogP contribution in [0.25, 0.3) is 0 Å². The summed E-state index contributed by atoms with van der Waals surface area (Å²) in [4.78, 5) is 36.0. The van der Waals surface area contributed by atoms with Gasteiger partial charge in [0.2, 0.25) is 0 Å². The molecule has 4 aromatic rings. The summed E-state index contributed by atoms with van der Waals surface area (Å²) >= 11 is 3.03. The third-order valence-electron chi connectivity index (χ3n) is 6.52. The molecule has 0 aliphatic carbocycles. The number of hydrogen-bond acceptors (Lipinski definition) is 9. The topological polar surface area (TPSA) is 151 Å². The van der Waals surface area contributed by atoms with Crippen LogP contribution in [-0.4, -0.2) is 64.8 Å². The standard InChI is InChI=1S/C17H16F3NO2.C10H12F2O.C8H6BrFO.C2H3N.CH2O3.2K.H/c18-14-4-2-13(3-5-14)17(23)11-21(7-8-22)10-12-1-6-15(19)16(20)9-12;11-9-5-4-8(7-10(9)12)3-1-2-6-13;9-5-8(11)6-1-3-7(10)4-2-6;1-2-3;2-1-4-3;;;/h1-6,9,22H,7-8,10-11H2;4-5,7,13H,1-3,6H2;1-4H,5H2;1H3;1,3H;;;/q;;;;;2*+1;-1/p-1. The van der Waals surface area contributed by atoms with Gasteiger partial charge in [-0.3, -0.25) is 19.3 Å². The number of carbonyl (C=O) groups excluding carboxylic acids is 3. The van der Waals surface area contributed by atoms with Crippen molar-refractivity contribution >= 4 is 34.0 Å². The van der Waals surface area contributed by atoms with Gasteiger partial charge >= 0.3 is 103 Å². The van der Waals surface area contributed by atoms with Gasteiger partial charge < -0.3 is 21.8 Å². The Morgan fingerprint density at radius 2 is 1.20 bits per heavy atom. The van der Waals surface area contributed by atoms with E-state index in [4.69, 9.17) is 25.5 Å². The summed E-state index contributed by atoms with van der Waals surface area (Å²) in [6.07, 6.45) is 2.17. The van der Waals surface area contributed by atoms with Crippen LogP contribution in [0.4, 0.5) is 26.3 Å². The smallest absolute Gasteiger partial charge is 1.00 e. The molecule has 0 atom stereocenters. The minimum Gasteiger partial charge on any atom is -1.00 e. The number of Topliss-reactive ketones (excluding diaryl/α,β-unsaturated/α-hetero) is 2. The van der Waals surface area contributed by atoms with Crippen molar-refractivity contribution in [2.45, 2.75) is 32.7 Å². The average Bonchev–Trinajstić information content (AvgIpc) is 3.16. The number of rotatable bonds is 14. The summed E-state index contributed by atoms with van der Waals surface area (Å²) in [6.45, 7) is 1.58. The molecule has 0 spiro atoms. The minimum atomic E-state index is -0.962. The molecule has 0 amide bonds. The summed E-state index contributed by atoms with van der Waals surface area (Å²) in [6, 6.07) is 19.8. The molecule has 294 valence electrons. The summed E-state index contributed by atoms with van der Waals surface area (Å²) in [5, 5.41) is 33.6. The fourth-order valence-corrected chi connectivity index (χ4v) is 4.35. The molecule has 0 bridgehead atoms. The van der Waals surface area contributed by atoms with E-state index in [1.165, 1.54) is 67.6 Å². The van der Waals surface area contributed by atoms with Crippen LogP contribution in [-0.2, 0) is 22.6 Å². The van der Waals surface area contributed by atoms with Gasteiger partial charge in [0.15, 0.2) is 34.8 Å². The average molecular weight is 908 g/mol. The number of alkyl halides is 1. The summed E-state index contributed by atoms with van der Waals surface area (Å²) < 4.78 is 76.5. The van der Waals surface area contributed by atoms with E-state index < -0.39 is 29.1 Å². The van der Waals surface area contributed by atoms with E-state index in [1.807, 2.05) is 0 Å². The number of carbonyl (C=O) groups is 3. The van der Waals surface area contributed by atoms with Gasteiger partial charge in [-0.05, 0) is 103 Å². The van der Waals surface area contributed by atoms with E-state index in [0.29, 0.717) is 29.5 Å². The molecule has 0 radical (unpaired) electrons. The van der Waals surface area contributed by atoms with Crippen LogP contribution in [0.1, 0.15) is 53.0 Å². The van der Waals surface area contributed by atoms with Crippen molar-refractivity contribution in [3.05, 3.63) is 142 Å². The van der Waals surface area contributed by atoms with Gasteiger partial charge in [-0.25, -0.2) is 26.3 Å². The summed E-state index contributed by atoms with van der Waals surface area (Å²) in [7, 11) is 0. The maximum atomic E-state index is 13.2. The van der Waals surface area contributed by atoms with Crippen molar-refractivity contribution in [3.8, 4) is 6.07 Å². The van der Waals surface area contributed by atoms with Crippen LogP contribution in [0.2, 0.25) is 0 Å². The van der Waals surface area contributed by atoms with Crippen molar-refractivity contribution in [1.29, 1.82) is 5.26 Å². The number of hydrogen-bond donors (Lipinski definition) is 2. The zero-order valence-corrected chi connectivity index (χ0v) is 38.8. The van der Waals surface area contributed by atoms with E-state index >= 15 is 0 Å². The first kappa shape index (κ1) is 58.7. The van der Waals surface area contributed by atoms with Gasteiger partial charge in [0.1, 0.15) is 11.6 Å². The molecule has 0 heterocycles. The van der Waals surface area contributed by atoms with Crippen LogP contribution in [0.5, 0.6) is 0 Å². The Kier molecular flexibility index (Phi) is 38.2. The Labute approximate surface area is 416 Å². The molecule has 0 aliphatic heterocycles. The number of aliphatic hydroxyl groups excluding tert-OH is 2. The molecule has 2 N–H and O–H groups in total. The monoisotopic (exact) mass is 906 g/mol. The molecule has 4 aromatic carbocycles. The van der Waals surface area contributed by atoms with E-state index in [2.05, 4.69) is 20.8 Å². The molecule has 0 saturated carbocycles. The van der Waals surface area contributed by atoms with Crippen LogP contribution in [0, 0.1) is 46.2 Å². The molecule has 0 unspecified atom stereocenters. The first-order valence-corrected chi connectivity index (χ1v) is 16.9. The number of nitriles is 1. The maximum absolute atomic E-state index is 13.2. The van der Waals surface area contributed by atoms with Crippen LogP contribution in [0.15, 0.2) is 84.9 Å². The molecular weight excluding hydrogens is 869 g/mol. The largest absolute Gasteiger partial charge is 1.00 e. The van der Waals surface area contributed by atoms with Crippen LogP contribution < -0.4 is 108 Å². The summed E-state index contributed by atoms with van der Waals surface area (Å²) in [5.74, 6) is -4.56. The van der Waals surface area contributed by atoms with Gasteiger partial charge in [-0.2, -0.15) is 5.26 Å². The van der Waals surface area contributed by atoms with Crippen molar-refractivity contribution in [2.24, 2.45) is 0 Å². The van der Waals surface area contributed by atoms with Gasteiger partial charge in [0.25, 0.3) is 6.47 Å². The molecule has 4 rings (SSSR count). The van der Waals surface area contributed by atoms with E-state index in [9.17, 15) is 35.9 Å². The van der Waals surface area contributed by atoms with Gasteiger partial charge in [0.05, 0.1) is 24.6 Å². The van der Waals surface area contributed by atoms with Crippen molar-refractivity contribution in [3.63, 3.8) is 0 Å². The molecule has 0 aliphatic rings. The molecule has 0 aromatic heterocycles. The van der Waals surface area contributed by atoms with Gasteiger partial charge in [-0.1, -0.05) is 28.1 Å². The molecular formula is C38H39BrF6K2N2O7. The molecule has 9 nitrogen and oxygen atoms in total. The third-order valence-corrected chi connectivity index (χ3v) is 7.03. The number of unbranched alkanes of at least 4 members (excludes halogenated alkanes) is 1. The number of ketones is 2. The van der Waals surface area contributed by atoms with Crippen LogP contribution in [0.3, 0.4) is 0 Å². The second kappa shape index (κ2) is 36.4. The predicted molar refractivity (Wildman–Crippen MR) is 190 cm³/mol. The Morgan fingerprint density at radius 3 is 1.59 bits per heavy atom. The zero-order valence-electron chi connectivity index (χ0n) is 32.0. The zero-order chi connectivity index (χ0) is 40.9. The van der Waals surface area contributed by atoms with E-state index in [1.54, 1.807) is 17.0 Å². The quantitative estimate of drug-likeness (QED) is 0.0271. The first-order chi connectivity index (χ1) is 25.8. The SMILES string of the molecule is CC#N.O=C(CBr)c1ccc(F)cc1.O=C(CN(CCO)Cc1ccc(F)c(F)c1)c1ccc(F)cc1.O=CO[O-].OCCCCc1ccc(F)c(F)c1.[H-].[K+].[K+]. The molecule has 18 heteroatoms. The van der Waals surface area contributed by atoms with Gasteiger partial charge in [-0.15, -0.1) is 0 Å². The second-order valence-electron chi connectivity index (χ2n) is 10.5. The maximum Gasteiger partial charge on any atom is 1.00 e. The van der Waals surface area contributed by atoms with Crippen LogP contribution >= 0.6 is 15.9 Å². The minimum absolute atomic E-state index is 0. The Hall–Kier alpha value is -1.65. The predicted octanol–water partition coefficient (Wildman–Crippen LogP) is 0.549. The van der Waals surface area contributed by atoms with Gasteiger partial charge in [0, 0.05) is 37.7 Å². The molecule has 0 fully saturated rings. The van der Waals surface area contributed by atoms with Crippen molar-refractivity contribution in [1.82, 2.24) is 4.90 Å². The van der Waals surface area contributed by atoms with E-state index in [0.717, 1.165) is 30.2 Å². The van der Waals surface area contributed by atoms with E-state index in [-0.39, 0.29) is 166 Å². The van der Waals surface area contributed by atoms with Crippen molar-refractivity contribution < 1.29 is 165 Å². The van der Waals surface area contributed by atoms with Crippen molar-refractivity contribution in [2.75, 3.05) is 31.6 Å². The Bertz CT molecular complexity index is 1750. The number of aryl methyl sites for hydroxylation is 1. The third kappa shape index (κ3) is 27.1. The Balaban J connectivity index is -0.000000354. The number of nitrogens with zero attached hydrogens (tertiary/aromatic N) is 2. The normalized spacial score (nSPS) is 9.34. The summed E-state index contributed by atoms with van der Waals surface area (Å²) in [5.41, 5.74) is 2.14. The fraction of sp³-hybridized carbons (Fsp3) is 0.263. The molecule has 56 heavy (non-hydrogen) atoms. The Morgan fingerprint density at radius 1 is 0.768 bits per heavy atom. The first-order valence-electron chi connectivity index (χ1n) is 15.8. The second-order valence-corrected chi connectivity index (χ2v) is 11.1.